The number of rotatable bonds is 8. The molecule has 3 heterocycles. The van der Waals surface area contributed by atoms with E-state index in [-0.39, 0.29) is 6.01 Å². The summed E-state index contributed by atoms with van der Waals surface area (Å²) in [5.41, 5.74) is 2.78. The zero-order valence-corrected chi connectivity index (χ0v) is 17.9. The van der Waals surface area contributed by atoms with Gasteiger partial charge in [0.05, 0.1) is 32.2 Å². The van der Waals surface area contributed by atoms with E-state index in [0.717, 1.165) is 29.1 Å². The summed E-state index contributed by atoms with van der Waals surface area (Å²) < 4.78 is 11.0. The summed E-state index contributed by atoms with van der Waals surface area (Å²) in [5.74, 6) is 2.17. The minimum Gasteiger partial charge on any atom is -0.495 e. The van der Waals surface area contributed by atoms with E-state index in [9.17, 15) is 0 Å². The van der Waals surface area contributed by atoms with Crippen LogP contribution in [0.1, 0.15) is 30.0 Å². The first-order valence-corrected chi connectivity index (χ1v) is 10.1. The number of methoxy groups -OCH3 is 1. The van der Waals surface area contributed by atoms with Crippen LogP contribution < -0.4 is 14.8 Å². The number of halogens is 1. The molecule has 1 saturated carbocycles. The number of aromatic nitrogens is 3. The normalized spacial score (nSPS) is 20.0. The molecule has 2 aromatic rings. The quantitative estimate of drug-likeness (QED) is 0.644. The molecule has 158 valence electrons. The van der Waals surface area contributed by atoms with Crippen LogP contribution in [0.4, 0.5) is 5.82 Å². The van der Waals surface area contributed by atoms with Crippen molar-refractivity contribution in [2.75, 3.05) is 32.6 Å². The van der Waals surface area contributed by atoms with E-state index in [2.05, 4.69) is 30.5 Å². The number of hydrazone groups is 2. The van der Waals surface area contributed by atoms with Crippen molar-refractivity contribution in [3.05, 3.63) is 34.7 Å². The van der Waals surface area contributed by atoms with Crippen LogP contribution in [0.25, 0.3) is 0 Å². The van der Waals surface area contributed by atoms with Crippen LogP contribution in [-0.4, -0.2) is 59.3 Å². The summed E-state index contributed by atoms with van der Waals surface area (Å²) in [7, 11) is 3.43. The van der Waals surface area contributed by atoms with Crippen molar-refractivity contribution in [1.29, 1.82) is 0 Å². The van der Waals surface area contributed by atoms with Gasteiger partial charge in [0.25, 0.3) is 0 Å². The molecule has 2 aliphatic rings. The van der Waals surface area contributed by atoms with Gasteiger partial charge in [-0.1, -0.05) is 11.6 Å². The molecule has 1 aliphatic carbocycles. The number of pyridine rings is 1. The summed E-state index contributed by atoms with van der Waals surface area (Å²) in [4.78, 5) is 13.2. The summed E-state index contributed by atoms with van der Waals surface area (Å²) >= 11 is 6.30. The van der Waals surface area contributed by atoms with Gasteiger partial charge in [0.1, 0.15) is 16.7 Å². The largest absolute Gasteiger partial charge is 0.495 e. The smallest absolute Gasteiger partial charge is 0.319 e. The Hall–Kier alpha value is -2.94. The Morgan fingerprint density at radius 2 is 2.17 bits per heavy atom. The lowest BCUT2D eigenvalue weighted by molar-refractivity contribution is 0.274. The maximum absolute atomic E-state index is 6.30. The maximum atomic E-state index is 6.30. The Balaban J connectivity index is 1.34. The number of hydrogen-bond donors (Lipinski definition) is 1. The number of nitrogens with one attached hydrogen (secondary N) is 1. The lowest BCUT2D eigenvalue weighted by atomic mass is 10.2. The van der Waals surface area contributed by atoms with Crippen molar-refractivity contribution in [3.8, 4) is 11.8 Å². The van der Waals surface area contributed by atoms with Gasteiger partial charge in [-0.15, -0.1) is 0 Å². The molecular formula is C20H24ClN7O2. The van der Waals surface area contributed by atoms with Crippen LogP contribution in [0.3, 0.4) is 0 Å². The third-order valence-corrected chi connectivity index (χ3v) is 5.48. The first-order chi connectivity index (χ1) is 14.5. The maximum Gasteiger partial charge on any atom is 0.319 e. The molecule has 1 N–H and O–H groups in total. The molecule has 1 fully saturated rings. The molecule has 10 heteroatoms. The lowest BCUT2D eigenvalue weighted by Gasteiger charge is -2.16. The van der Waals surface area contributed by atoms with Gasteiger partial charge in [0.15, 0.2) is 0 Å². The van der Waals surface area contributed by atoms with Crippen molar-refractivity contribution in [3.63, 3.8) is 0 Å². The molecule has 0 spiro atoms. The minimum absolute atomic E-state index is 0.269. The third-order valence-electron chi connectivity index (χ3n) is 5.11. The third kappa shape index (κ3) is 4.79. The Bertz CT molecular complexity index is 964. The zero-order chi connectivity index (χ0) is 21.1. The number of ether oxygens (including phenoxy) is 2. The molecule has 2 aromatic heterocycles. The zero-order valence-electron chi connectivity index (χ0n) is 17.2. The lowest BCUT2D eigenvalue weighted by Crippen LogP contribution is -2.22. The summed E-state index contributed by atoms with van der Waals surface area (Å²) in [5, 5.41) is 13.6. The highest BCUT2D eigenvalue weighted by Gasteiger charge is 2.40. The SMILES string of the molecule is COc1ccc(C2CC2COc2nc(Cl)c(C)c(NCC3=NN(C)N=CC3)n2)nc1. The summed E-state index contributed by atoms with van der Waals surface area (Å²) in [6, 6.07) is 4.20. The first kappa shape index (κ1) is 20.3. The van der Waals surface area contributed by atoms with Crippen LogP contribution >= 0.6 is 11.6 Å². The van der Waals surface area contributed by atoms with Crippen LogP contribution in [0.15, 0.2) is 28.5 Å². The van der Waals surface area contributed by atoms with Crippen LogP contribution in [-0.2, 0) is 0 Å². The molecule has 0 amide bonds. The van der Waals surface area contributed by atoms with Crippen LogP contribution in [0.2, 0.25) is 5.15 Å². The Labute approximate surface area is 180 Å². The highest BCUT2D eigenvalue weighted by molar-refractivity contribution is 6.30. The van der Waals surface area contributed by atoms with Crippen molar-refractivity contribution in [2.45, 2.75) is 25.7 Å². The fourth-order valence-electron chi connectivity index (χ4n) is 3.24. The van der Waals surface area contributed by atoms with Crippen LogP contribution in [0, 0.1) is 12.8 Å². The van der Waals surface area contributed by atoms with Gasteiger partial charge in [-0.3, -0.25) is 4.98 Å². The molecule has 4 rings (SSSR count). The Kier molecular flexibility index (Phi) is 5.98. The fourth-order valence-corrected chi connectivity index (χ4v) is 3.40. The minimum atomic E-state index is 0.269. The highest BCUT2D eigenvalue weighted by atomic mass is 35.5. The molecule has 30 heavy (non-hydrogen) atoms. The predicted octanol–water partition coefficient (Wildman–Crippen LogP) is 3.11. The van der Waals surface area contributed by atoms with E-state index < -0.39 is 0 Å². The predicted molar refractivity (Wildman–Crippen MR) is 116 cm³/mol. The van der Waals surface area contributed by atoms with E-state index in [1.807, 2.05) is 25.3 Å². The van der Waals surface area contributed by atoms with Crippen molar-refractivity contribution in [1.82, 2.24) is 20.1 Å². The van der Waals surface area contributed by atoms with Gasteiger partial charge in [0.2, 0.25) is 0 Å². The van der Waals surface area contributed by atoms with Crippen molar-refractivity contribution >= 4 is 29.3 Å². The average Bonchev–Trinajstić information content (AvgIpc) is 3.53. The topological polar surface area (TPSA) is 97.1 Å². The number of nitrogens with zero attached hydrogens (tertiary/aromatic N) is 6. The number of hydrogen-bond acceptors (Lipinski definition) is 9. The highest BCUT2D eigenvalue weighted by Crippen LogP contribution is 2.46. The number of anilines is 1. The average molecular weight is 430 g/mol. The second kappa shape index (κ2) is 8.83. The van der Waals surface area contributed by atoms with E-state index >= 15 is 0 Å². The molecule has 0 radical (unpaired) electrons. The van der Waals surface area contributed by atoms with Crippen molar-refractivity contribution < 1.29 is 9.47 Å². The second-order valence-corrected chi connectivity index (χ2v) is 7.68. The van der Waals surface area contributed by atoms with Gasteiger partial charge in [0, 0.05) is 42.8 Å². The monoisotopic (exact) mass is 429 g/mol. The molecule has 2 atom stereocenters. The van der Waals surface area contributed by atoms with E-state index in [1.54, 1.807) is 25.5 Å². The van der Waals surface area contributed by atoms with Gasteiger partial charge < -0.3 is 14.8 Å². The molecule has 0 aromatic carbocycles. The summed E-state index contributed by atoms with van der Waals surface area (Å²) in [6.45, 7) is 2.93. The second-order valence-electron chi connectivity index (χ2n) is 7.32. The van der Waals surface area contributed by atoms with Gasteiger partial charge >= 0.3 is 6.01 Å². The standard InChI is InChI=1S/C20H24ClN7O2/c1-12-18(21)25-20(26-19(12)23-9-14-6-7-24-28(2)27-14)30-11-13-8-16(13)17-5-4-15(29-3)10-22-17/h4-5,7,10,13,16H,6,8-9,11H2,1-3H3,(H,23,25,26). The van der Waals surface area contributed by atoms with Crippen LogP contribution in [0.5, 0.6) is 11.8 Å². The molecular weight excluding hydrogens is 406 g/mol. The Morgan fingerprint density at radius 3 is 2.90 bits per heavy atom. The molecule has 0 bridgehead atoms. The molecule has 1 aliphatic heterocycles. The molecule has 0 saturated heterocycles. The molecule has 2 unspecified atom stereocenters. The van der Waals surface area contributed by atoms with Gasteiger partial charge in [-0.05, 0) is 25.5 Å². The van der Waals surface area contributed by atoms with E-state index in [4.69, 9.17) is 21.1 Å². The van der Waals surface area contributed by atoms with Gasteiger partial charge in [-0.2, -0.15) is 25.3 Å². The first-order valence-electron chi connectivity index (χ1n) is 9.76. The fraction of sp³-hybridized carbons (Fsp3) is 0.450. The summed E-state index contributed by atoms with van der Waals surface area (Å²) in [6.07, 6.45) is 5.29. The van der Waals surface area contributed by atoms with E-state index in [0.29, 0.717) is 42.4 Å². The molecule has 9 nitrogen and oxygen atoms in total. The van der Waals surface area contributed by atoms with Gasteiger partial charge in [-0.25, -0.2) is 0 Å². The van der Waals surface area contributed by atoms with Crippen molar-refractivity contribution in [2.24, 2.45) is 16.1 Å². The Morgan fingerprint density at radius 1 is 1.30 bits per heavy atom. The van der Waals surface area contributed by atoms with E-state index in [1.165, 1.54) is 0 Å².